The average molecular weight is 276 g/mol. The number of hydrogen-bond acceptors (Lipinski definition) is 5. The molecule has 2 aromatic heterocycles. The van der Waals surface area contributed by atoms with Crippen molar-refractivity contribution >= 4 is 28.1 Å². The highest BCUT2D eigenvalue weighted by Crippen LogP contribution is 2.22. The molecule has 0 fully saturated rings. The van der Waals surface area contributed by atoms with Crippen LogP contribution in [0.5, 0.6) is 0 Å². The van der Waals surface area contributed by atoms with E-state index in [1.54, 1.807) is 19.3 Å². The molecule has 0 aliphatic heterocycles. The summed E-state index contributed by atoms with van der Waals surface area (Å²) in [6.45, 7) is 4.14. The van der Waals surface area contributed by atoms with Gasteiger partial charge in [0.25, 0.3) is 5.91 Å². The fourth-order valence-corrected chi connectivity index (χ4v) is 2.43. The van der Waals surface area contributed by atoms with Crippen molar-refractivity contribution in [1.82, 2.24) is 9.97 Å². The van der Waals surface area contributed by atoms with Crippen LogP contribution in [0.25, 0.3) is 0 Å². The lowest BCUT2D eigenvalue weighted by Gasteiger charge is -2.07. The van der Waals surface area contributed by atoms with Crippen LogP contribution in [0.3, 0.4) is 0 Å². The number of aromatic nitrogens is 2. The van der Waals surface area contributed by atoms with Crippen LogP contribution in [0.15, 0.2) is 23.8 Å². The molecule has 2 rings (SSSR count). The van der Waals surface area contributed by atoms with E-state index in [4.69, 9.17) is 0 Å². The Kier molecular flexibility index (Phi) is 4.11. The van der Waals surface area contributed by atoms with Crippen LogP contribution in [-0.4, -0.2) is 22.9 Å². The first-order valence-corrected chi connectivity index (χ1v) is 6.88. The van der Waals surface area contributed by atoms with E-state index in [1.165, 1.54) is 17.5 Å². The van der Waals surface area contributed by atoms with E-state index in [-0.39, 0.29) is 5.91 Å². The fourth-order valence-electron chi connectivity index (χ4n) is 1.57. The van der Waals surface area contributed by atoms with Crippen LogP contribution in [0.1, 0.15) is 35.8 Å². The zero-order valence-electron chi connectivity index (χ0n) is 11.1. The number of amides is 1. The first-order chi connectivity index (χ1) is 9.11. The summed E-state index contributed by atoms with van der Waals surface area (Å²) in [7, 11) is 1.77. The highest BCUT2D eigenvalue weighted by molar-refractivity contribution is 7.14. The van der Waals surface area contributed by atoms with Crippen molar-refractivity contribution in [3.8, 4) is 0 Å². The number of carbonyl (C=O) groups is 1. The van der Waals surface area contributed by atoms with Gasteiger partial charge in [0, 0.05) is 30.5 Å². The number of nitrogens with zero attached hydrogens (tertiary/aromatic N) is 2. The standard InChI is InChI=1S/C13H16N4OS/c1-8(2)11-7-19-13(16-11)17-12(18)9-6-15-5-4-10(9)14-3/h4-8H,1-3H3,(H,14,15)(H,16,17,18). The third kappa shape index (κ3) is 3.08. The molecule has 5 nitrogen and oxygen atoms in total. The quantitative estimate of drug-likeness (QED) is 0.901. The molecule has 0 aliphatic carbocycles. The van der Waals surface area contributed by atoms with E-state index in [1.807, 2.05) is 5.38 Å². The van der Waals surface area contributed by atoms with Gasteiger partial charge in [-0.05, 0) is 12.0 Å². The molecule has 0 saturated heterocycles. The highest BCUT2D eigenvalue weighted by atomic mass is 32.1. The van der Waals surface area contributed by atoms with E-state index >= 15 is 0 Å². The van der Waals surface area contributed by atoms with Gasteiger partial charge in [-0.2, -0.15) is 0 Å². The molecule has 100 valence electrons. The molecular formula is C13H16N4OS. The van der Waals surface area contributed by atoms with E-state index < -0.39 is 0 Å². The summed E-state index contributed by atoms with van der Waals surface area (Å²) in [6.07, 6.45) is 3.18. The minimum absolute atomic E-state index is 0.206. The van der Waals surface area contributed by atoms with Gasteiger partial charge in [0.05, 0.1) is 11.3 Å². The van der Waals surface area contributed by atoms with E-state index in [0.717, 1.165) is 11.4 Å². The second-order valence-corrected chi connectivity index (χ2v) is 5.22. The molecule has 0 aliphatic rings. The molecule has 2 heterocycles. The van der Waals surface area contributed by atoms with Crippen molar-refractivity contribution in [3.05, 3.63) is 35.1 Å². The zero-order chi connectivity index (χ0) is 13.8. The Bertz CT molecular complexity index is 580. The summed E-state index contributed by atoms with van der Waals surface area (Å²) in [6, 6.07) is 1.76. The fraction of sp³-hybridized carbons (Fsp3) is 0.308. The van der Waals surface area contributed by atoms with Gasteiger partial charge in [-0.1, -0.05) is 13.8 Å². The Morgan fingerprint density at radius 2 is 2.21 bits per heavy atom. The molecule has 0 radical (unpaired) electrons. The van der Waals surface area contributed by atoms with Crippen molar-refractivity contribution in [3.63, 3.8) is 0 Å². The summed E-state index contributed by atoms with van der Waals surface area (Å²) in [5, 5.41) is 8.34. The molecule has 0 spiro atoms. The summed E-state index contributed by atoms with van der Waals surface area (Å²) >= 11 is 1.43. The van der Waals surface area contributed by atoms with Gasteiger partial charge >= 0.3 is 0 Å². The summed E-state index contributed by atoms with van der Waals surface area (Å²) in [5.41, 5.74) is 2.24. The number of thiazole rings is 1. The molecule has 0 unspecified atom stereocenters. The van der Waals surface area contributed by atoms with Gasteiger partial charge in [0.15, 0.2) is 5.13 Å². The van der Waals surface area contributed by atoms with Crippen molar-refractivity contribution in [2.45, 2.75) is 19.8 Å². The van der Waals surface area contributed by atoms with Gasteiger partial charge in [-0.25, -0.2) is 4.98 Å². The number of nitrogens with one attached hydrogen (secondary N) is 2. The molecule has 2 N–H and O–H groups in total. The molecule has 19 heavy (non-hydrogen) atoms. The first kappa shape index (κ1) is 13.5. The second kappa shape index (κ2) is 5.79. The maximum absolute atomic E-state index is 12.1. The number of pyridine rings is 1. The SMILES string of the molecule is CNc1ccncc1C(=O)Nc1nc(C(C)C)cs1. The topological polar surface area (TPSA) is 66.9 Å². The van der Waals surface area contributed by atoms with Crippen LogP contribution >= 0.6 is 11.3 Å². The maximum atomic E-state index is 12.1. The van der Waals surface area contributed by atoms with Gasteiger partial charge in [0.2, 0.25) is 0 Å². The molecule has 0 aromatic carbocycles. The molecule has 1 amide bonds. The highest BCUT2D eigenvalue weighted by Gasteiger charge is 2.13. The van der Waals surface area contributed by atoms with Crippen molar-refractivity contribution in [2.75, 3.05) is 17.7 Å². The predicted molar refractivity (Wildman–Crippen MR) is 77.9 cm³/mol. The van der Waals surface area contributed by atoms with Crippen LogP contribution in [0.4, 0.5) is 10.8 Å². The van der Waals surface area contributed by atoms with Crippen molar-refractivity contribution in [1.29, 1.82) is 0 Å². The largest absolute Gasteiger partial charge is 0.387 e. The molecule has 0 atom stereocenters. The van der Waals surface area contributed by atoms with Gasteiger partial charge in [0.1, 0.15) is 0 Å². The van der Waals surface area contributed by atoms with Crippen LogP contribution in [0, 0.1) is 0 Å². The number of anilines is 2. The molecule has 6 heteroatoms. The number of hydrogen-bond donors (Lipinski definition) is 2. The molecule has 0 bridgehead atoms. The molecular weight excluding hydrogens is 260 g/mol. The number of carbonyl (C=O) groups excluding carboxylic acids is 1. The van der Waals surface area contributed by atoms with Crippen molar-refractivity contribution < 1.29 is 4.79 Å². The summed E-state index contributed by atoms with van der Waals surface area (Å²) < 4.78 is 0. The number of rotatable bonds is 4. The maximum Gasteiger partial charge on any atom is 0.261 e. The first-order valence-electron chi connectivity index (χ1n) is 6.00. The minimum atomic E-state index is -0.206. The van der Waals surface area contributed by atoms with Crippen molar-refractivity contribution in [2.24, 2.45) is 0 Å². The minimum Gasteiger partial charge on any atom is -0.387 e. The van der Waals surface area contributed by atoms with Gasteiger partial charge in [-0.3, -0.25) is 15.1 Å². The zero-order valence-corrected chi connectivity index (χ0v) is 11.9. The summed E-state index contributed by atoms with van der Waals surface area (Å²) in [4.78, 5) is 20.5. The lowest BCUT2D eigenvalue weighted by molar-refractivity contribution is 0.102. The molecule has 2 aromatic rings. The van der Waals surface area contributed by atoms with Crippen LogP contribution < -0.4 is 10.6 Å². The third-order valence-corrected chi connectivity index (χ3v) is 3.44. The van der Waals surface area contributed by atoms with Crippen LogP contribution in [-0.2, 0) is 0 Å². The second-order valence-electron chi connectivity index (χ2n) is 4.36. The van der Waals surface area contributed by atoms with E-state index in [9.17, 15) is 4.79 Å². The average Bonchev–Trinajstić information content (AvgIpc) is 2.87. The smallest absolute Gasteiger partial charge is 0.261 e. The lowest BCUT2D eigenvalue weighted by Crippen LogP contribution is -2.14. The van der Waals surface area contributed by atoms with Gasteiger partial charge < -0.3 is 5.32 Å². The van der Waals surface area contributed by atoms with E-state index in [0.29, 0.717) is 16.6 Å². The normalized spacial score (nSPS) is 10.5. The Labute approximate surface area is 116 Å². The predicted octanol–water partition coefficient (Wildman–Crippen LogP) is 2.96. The Hall–Kier alpha value is -1.95. The summed E-state index contributed by atoms with van der Waals surface area (Å²) in [5.74, 6) is 0.148. The lowest BCUT2D eigenvalue weighted by atomic mass is 10.2. The monoisotopic (exact) mass is 276 g/mol. The molecule has 0 saturated carbocycles. The van der Waals surface area contributed by atoms with E-state index in [2.05, 4.69) is 34.4 Å². The Morgan fingerprint density at radius 3 is 2.84 bits per heavy atom. The Balaban J connectivity index is 2.16. The van der Waals surface area contributed by atoms with Crippen LogP contribution in [0.2, 0.25) is 0 Å². The Morgan fingerprint density at radius 1 is 1.42 bits per heavy atom. The third-order valence-electron chi connectivity index (χ3n) is 2.67. The van der Waals surface area contributed by atoms with Gasteiger partial charge in [-0.15, -0.1) is 11.3 Å².